The maximum atomic E-state index is 4.99. The van der Waals surface area contributed by atoms with Gasteiger partial charge in [-0.15, -0.1) is 0 Å². The number of benzene rings is 9. The maximum absolute atomic E-state index is 4.99. The van der Waals surface area contributed by atoms with Crippen LogP contribution in [0.5, 0.6) is 0 Å². The van der Waals surface area contributed by atoms with Gasteiger partial charge < -0.3 is 4.57 Å². The van der Waals surface area contributed by atoms with E-state index in [2.05, 4.69) is 150 Å². The minimum absolute atomic E-state index is 0.636. The Morgan fingerprint density at radius 1 is 0.281 bits per heavy atom. The average molecular weight is 727 g/mol. The molecule has 9 aromatic carbocycles. The third kappa shape index (κ3) is 5.74. The molecule has 0 radical (unpaired) electrons. The number of nitrogens with zero attached hydrogens (tertiary/aromatic N) is 4. The maximum Gasteiger partial charge on any atom is 0.164 e. The molecule has 11 aromatic rings. The van der Waals surface area contributed by atoms with Crippen LogP contribution in [0.25, 0.3) is 105 Å². The number of rotatable bonds is 6. The van der Waals surface area contributed by atoms with Crippen LogP contribution in [-0.4, -0.2) is 19.5 Å². The van der Waals surface area contributed by atoms with E-state index >= 15 is 0 Å². The quantitative estimate of drug-likeness (QED) is 0.160. The largest absolute Gasteiger partial charge is 0.309 e. The van der Waals surface area contributed by atoms with Crippen LogP contribution >= 0.6 is 0 Å². The van der Waals surface area contributed by atoms with Gasteiger partial charge in [-0.05, 0) is 80.2 Å². The minimum atomic E-state index is 0.636. The Kier molecular flexibility index (Phi) is 7.78. The lowest BCUT2D eigenvalue weighted by Gasteiger charge is -2.16. The van der Waals surface area contributed by atoms with Crippen LogP contribution in [-0.2, 0) is 0 Å². The molecule has 2 aromatic heterocycles. The van der Waals surface area contributed by atoms with E-state index in [0.29, 0.717) is 17.5 Å². The smallest absolute Gasteiger partial charge is 0.164 e. The van der Waals surface area contributed by atoms with Gasteiger partial charge in [0.1, 0.15) is 0 Å². The second kappa shape index (κ2) is 13.6. The molecular weight excluding hydrogens is 693 g/mol. The van der Waals surface area contributed by atoms with E-state index in [-0.39, 0.29) is 0 Å². The zero-order valence-electron chi connectivity index (χ0n) is 30.9. The summed E-state index contributed by atoms with van der Waals surface area (Å²) < 4.78 is 2.41. The summed E-state index contributed by atoms with van der Waals surface area (Å²) in [5.41, 5.74) is 10.9. The van der Waals surface area contributed by atoms with Gasteiger partial charge in [-0.2, -0.15) is 0 Å². The highest BCUT2D eigenvalue weighted by atomic mass is 15.0. The normalized spacial score (nSPS) is 11.5. The van der Waals surface area contributed by atoms with E-state index in [1.54, 1.807) is 0 Å². The van der Waals surface area contributed by atoms with E-state index in [1.807, 2.05) is 60.7 Å². The molecule has 0 atom stereocenters. The molecule has 0 unspecified atom stereocenters. The van der Waals surface area contributed by atoms with Gasteiger partial charge in [0.05, 0.1) is 11.0 Å². The van der Waals surface area contributed by atoms with Crippen molar-refractivity contribution in [2.24, 2.45) is 0 Å². The predicted octanol–water partition coefficient (Wildman–Crippen LogP) is 13.6. The van der Waals surface area contributed by atoms with Crippen LogP contribution in [0.4, 0.5) is 0 Å². The van der Waals surface area contributed by atoms with Crippen LogP contribution in [0.1, 0.15) is 0 Å². The topological polar surface area (TPSA) is 43.6 Å². The summed E-state index contributed by atoms with van der Waals surface area (Å²) in [6.45, 7) is 0. The molecule has 57 heavy (non-hydrogen) atoms. The molecule has 0 amide bonds. The van der Waals surface area contributed by atoms with Crippen molar-refractivity contribution in [2.75, 3.05) is 0 Å². The lowest BCUT2D eigenvalue weighted by atomic mass is 9.91. The first-order chi connectivity index (χ1) is 28.2. The van der Waals surface area contributed by atoms with Crippen LogP contribution < -0.4 is 0 Å². The zero-order valence-corrected chi connectivity index (χ0v) is 30.9. The molecule has 2 heterocycles. The Morgan fingerprint density at radius 2 is 0.719 bits per heavy atom. The summed E-state index contributed by atoms with van der Waals surface area (Å²) in [4.78, 5) is 14.9. The van der Waals surface area contributed by atoms with Crippen molar-refractivity contribution in [3.8, 4) is 62.1 Å². The molecule has 0 aliphatic heterocycles. The van der Waals surface area contributed by atoms with Crippen molar-refractivity contribution < 1.29 is 0 Å². The fourth-order valence-corrected chi connectivity index (χ4v) is 8.31. The van der Waals surface area contributed by atoms with Crippen LogP contribution in [0.2, 0.25) is 0 Å². The summed E-state index contributed by atoms with van der Waals surface area (Å²) in [5.74, 6) is 1.93. The molecule has 4 heteroatoms. The van der Waals surface area contributed by atoms with E-state index in [1.165, 1.54) is 48.9 Å². The number of hydrogen-bond donors (Lipinski definition) is 0. The zero-order chi connectivity index (χ0) is 37.7. The lowest BCUT2D eigenvalue weighted by molar-refractivity contribution is 1.07. The fourth-order valence-electron chi connectivity index (χ4n) is 8.31. The number of para-hydroxylation sites is 2. The Hall–Kier alpha value is -7.69. The SMILES string of the molecule is c1ccc(-c2nc(-c3ccccc3)nc(-c3ccc(-c4cc(-c5cc6ccccc6c6ccccc56)cc(-n5c6ccccc6c6ccccc65)c4)cc3)n2)cc1. The fraction of sp³-hybridized carbons (Fsp3) is 0. The molecule has 0 saturated heterocycles. The van der Waals surface area contributed by atoms with Crippen LogP contribution in [0.15, 0.2) is 206 Å². The van der Waals surface area contributed by atoms with Crippen LogP contribution in [0.3, 0.4) is 0 Å². The second-order valence-electron chi connectivity index (χ2n) is 14.4. The summed E-state index contributed by atoms with van der Waals surface area (Å²) in [6, 6.07) is 73.1. The highest BCUT2D eigenvalue weighted by Gasteiger charge is 2.17. The van der Waals surface area contributed by atoms with Gasteiger partial charge in [0.15, 0.2) is 17.5 Å². The first kappa shape index (κ1) is 32.7. The van der Waals surface area contributed by atoms with E-state index in [4.69, 9.17) is 15.0 Å². The van der Waals surface area contributed by atoms with Crippen molar-refractivity contribution in [1.82, 2.24) is 19.5 Å². The molecule has 0 N–H and O–H groups in total. The molecule has 266 valence electrons. The number of fused-ring (bicyclic) bond motifs is 6. The first-order valence-electron chi connectivity index (χ1n) is 19.3. The molecule has 0 saturated carbocycles. The van der Waals surface area contributed by atoms with Crippen molar-refractivity contribution in [2.45, 2.75) is 0 Å². The standard InChI is InChI=1S/C53H34N4/c1-3-15-36(16-4-1)51-54-52(37-17-5-2-6-18-37)56-53(55-51)38-29-27-35(28-30-38)40-31-41(48-34-39-19-7-8-20-43(39)44-21-9-10-22-45(44)48)33-42(32-40)57-49-25-13-11-23-46(49)47-24-12-14-26-50(47)57/h1-34H. The van der Waals surface area contributed by atoms with Gasteiger partial charge in [-0.1, -0.05) is 170 Å². The van der Waals surface area contributed by atoms with Crippen LogP contribution in [0, 0.1) is 0 Å². The molecule has 0 spiro atoms. The molecule has 4 nitrogen and oxygen atoms in total. The third-order valence-corrected chi connectivity index (χ3v) is 11.0. The van der Waals surface area contributed by atoms with Gasteiger partial charge in [-0.3, -0.25) is 0 Å². The second-order valence-corrected chi connectivity index (χ2v) is 14.4. The van der Waals surface area contributed by atoms with Gasteiger partial charge in [-0.25, -0.2) is 15.0 Å². The van der Waals surface area contributed by atoms with E-state index in [9.17, 15) is 0 Å². The summed E-state index contributed by atoms with van der Waals surface area (Å²) in [5, 5.41) is 7.44. The predicted molar refractivity (Wildman–Crippen MR) is 236 cm³/mol. The highest BCUT2D eigenvalue weighted by Crippen LogP contribution is 2.40. The van der Waals surface area contributed by atoms with Gasteiger partial charge in [0.2, 0.25) is 0 Å². The number of hydrogen-bond acceptors (Lipinski definition) is 3. The highest BCUT2D eigenvalue weighted by molar-refractivity contribution is 6.14. The molecular formula is C53H34N4. The molecule has 0 fully saturated rings. The van der Waals surface area contributed by atoms with E-state index in [0.717, 1.165) is 39.1 Å². The van der Waals surface area contributed by atoms with E-state index < -0.39 is 0 Å². The molecule has 0 aliphatic carbocycles. The Balaban J connectivity index is 1.11. The van der Waals surface area contributed by atoms with Crippen molar-refractivity contribution in [3.05, 3.63) is 206 Å². The summed E-state index contributed by atoms with van der Waals surface area (Å²) >= 11 is 0. The summed E-state index contributed by atoms with van der Waals surface area (Å²) in [6.07, 6.45) is 0. The van der Waals surface area contributed by atoms with Crippen molar-refractivity contribution in [1.29, 1.82) is 0 Å². The molecule has 0 aliphatic rings. The Bertz CT molecular complexity index is 3160. The summed E-state index contributed by atoms with van der Waals surface area (Å²) in [7, 11) is 0. The molecule has 0 bridgehead atoms. The van der Waals surface area contributed by atoms with Gasteiger partial charge >= 0.3 is 0 Å². The minimum Gasteiger partial charge on any atom is -0.309 e. The monoisotopic (exact) mass is 726 g/mol. The lowest BCUT2D eigenvalue weighted by Crippen LogP contribution is -2.00. The first-order valence-corrected chi connectivity index (χ1v) is 19.3. The Morgan fingerprint density at radius 3 is 1.32 bits per heavy atom. The van der Waals surface area contributed by atoms with Gasteiger partial charge in [0.25, 0.3) is 0 Å². The third-order valence-electron chi connectivity index (χ3n) is 11.0. The number of aromatic nitrogens is 4. The average Bonchev–Trinajstić information content (AvgIpc) is 3.63. The van der Waals surface area contributed by atoms with Gasteiger partial charge in [0, 0.05) is 33.2 Å². The molecule has 11 rings (SSSR count). The van der Waals surface area contributed by atoms with Crippen molar-refractivity contribution >= 4 is 43.4 Å². The Labute approximate surface area is 330 Å². The van der Waals surface area contributed by atoms with Crippen molar-refractivity contribution in [3.63, 3.8) is 0 Å².